The molecule has 7 heteroatoms. The summed E-state index contributed by atoms with van der Waals surface area (Å²) in [6.45, 7) is 0. The first-order chi connectivity index (χ1) is 13.2. The molecule has 4 rings (SSSR count). The number of nitrogens with zero attached hydrogens (tertiary/aromatic N) is 3. The van der Waals surface area contributed by atoms with Crippen molar-refractivity contribution in [3.63, 3.8) is 0 Å². The van der Waals surface area contributed by atoms with Crippen LogP contribution < -0.4 is 10.6 Å². The van der Waals surface area contributed by atoms with Crippen molar-refractivity contribution in [3.8, 4) is 0 Å². The maximum Gasteiger partial charge on any atom is 0.256 e. The Balaban J connectivity index is 1.49. The molecule has 0 radical (unpaired) electrons. The van der Waals surface area contributed by atoms with Gasteiger partial charge >= 0.3 is 0 Å². The zero-order valence-corrected chi connectivity index (χ0v) is 14.1. The third kappa shape index (κ3) is 3.72. The van der Waals surface area contributed by atoms with E-state index >= 15 is 0 Å². The van der Waals surface area contributed by atoms with Crippen LogP contribution in [0.2, 0.25) is 0 Å². The normalized spacial score (nSPS) is 10.6. The minimum atomic E-state index is -0.398. The number of fused-ring (bicyclic) bond motifs is 1. The lowest BCUT2D eigenvalue weighted by Gasteiger charge is -2.09. The number of carbonyl (C=O) groups is 1. The van der Waals surface area contributed by atoms with E-state index in [4.69, 9.17) is 0 Å². The van der Waals surface area contributed by atoms with E-state index in [1.54, 1.807) is 18.3 Å². The number of amides is 1. The van der Waals surface area contributed by atoms with Crippen LogP contribution in [0.5, 0.6) is 0 Å². The first kappa shape index (κ1) is 16.6. The summed E-state index contributed by atoms with van der Waals surface area (Å²) < 4.78 is 12.9. The second-order valence-electron chi connectivity index (χ2n) is 5.77. The number of benzene rings is 2. The average Bonchev–Trinajstić information content (AvgIpc) is 2.70. The van der Waals surface area contributed by atoms with Crippen LogP contribution >= 0.6 is 0 Å². The molecule has 0 atom stereocenters. The molecule has 27 heavy (non-hydrogen) atoms. The molecule has 0 unspecified atom stereocenters. The summed E-state index contributed by atoms with van der Waals surface area (Å²) in [4.78, 5) is 16.5. The molecule has 0 bridgehead atoms. The number of anilines is 3. The molecule has 2 aromatic carbocycles. The molecular formula is C20H14FN5O. The predicted octanol–water partition coefficient (Wildman–Crippen LogP) is 4.16. The van der Waals surface area contributed by atoms with Crippen molar-refractivity contribution < 1.29 is 9.18 Å². The molecule has 0 fully saturated rings. The van der Waals surface area contributed by atoms with E-state index in [0.29, 0.717) is 17.2 Å². The van der Waals surface area contributed by atoms with Gasteiger partial charge in [0.1, 0.15) is 5.82 Å². The van der Waals surface area contributed by atoms with Crippen molar-refractivity contribution in [1.82, 2.24) is 15.2 Å². The third-order valence-corrected chi connectivity index (χ3v) is 3.91. The first-order valence-electron chi connectivity index (χ1n) is 8.20. The summed E-state index contributed by atoms with van der Waals surface area (Å²) in [6.07, 6.45) is 1.73. The molecule has 0 spiro atoms. The number of pyridine rings is 1. The highest BCUT2D eigenvalue weighted by molar-refractivity contribution is 6.03. The van der Waals surface area contributed by atoms with Gasteiger partial charge in [0.15, 0.2) is 11.6 Å². The number of hydrogen-bond donors (Lipinski definition) is 2. The maximum atomic E-state index is 12.9. The first-order valence-corrected chi connectivity index (χ1v) is 8.20. The maximum absolute atomic E-state index is 12.9. The van der Waals surface area contributed by atoms with Gasteiger partial charge in [0.25, 0.3) is 5.91 Å². The summed E-state index contributed by atoms with van der Waals surface area (Å²) in [6, 6.07) is 18.3. The van der Waals surface area contributed by atoms with Crippen LogP contribution in [0.25, 0.3) is 10.9 Å². The number of carbonyl (C=O) groups excluding carboxylic acids is 1. The van der Waals surface area contributed by atoms with Crippen molar-refractivity contribution >= 4 is 34.1 Å². The Morgan fingerprint density at radius 3 is 2.37 bits per heavy atom. The Bertz CT molecular complexity index is 1090. The molecule has 2 heterocycles. The molecule has 0 saturated carbocycles. The van der Waals surface area contributed by atoms with Gasteiger partial charge in [-0.05, 0) is 48.5 Å². The molecule has 4 aromatic rings. The van der Waals surface area contributed by atoms with Crippen LogP contribution in [0.1, 0.15) is 10.4 Å². The van der Waals surface area contributed by atoms with Crippen LogP contribution in [0.3, 0.4) is 0 Å². The Morgan fingerprint density at radius 2 is 1.59 bits per heavy atom. The summed E-state index contributed by atoms with van der Waals surface area (Å²) in [5, 5.41) is 14.9. The topological polar surface area (TPSA) is 79.8 Å². The second-order valence-corrected chi connectivity index (χ2v) is 5.77. The summed E-state index contributed by atoms with van der Waals surface area (Å²) in [7, 11) is 0. The Morgan fingerprint density at radius 1 is 0.852 bits per heavy atom. The molecule has 2 N–H and O–H groups in total. The molecule has 1 amide bonds. The predicted molar refractivity (Wildman–Crippen MR) is 101 cm³/mol. The lowest BCUT2D eigenvalue weighted by molar-refractivity contribution is 0.102. The number of rotatable bonds is 4. The van der Waals surface area contributed by atoms with Gasteiger partial charge in [-0.25, -0.2) is 4.39 Å². The van der Waals surface area contributed by atoms with Crippen LogP contribution in [-0.2, 0) is 0 Å². The summed E-state index contributed by atoms with van der Waals surface area (Å²) >= 11 is 0. The lowest BCUT2D eigenvalue weighted by Crippen LogP contribution is -2.13. The van der Waals surface area contributed by atoms with Crippen molar-refractivity contribution in [1.29, 1.82) is 0 Å². The van der Waals surface area contributed by atoms with E-state index in [0.717, 1.165) is 16.6 Å². The molecule has 0 aliphatic heterocycles. The highest BCUT2D eigenvalue weighted by Crippen LogP contribution is 2.23. The number of para-hydroxylation sites is 1. The second kappa shape index (κ2) is 7.17. The van der Waals surface area contributed by atoms with Crippen molar-refractivity contribution in [2.45, 2.75) is 0 Å². The highest BCUT2D eigenvalue weighted by Gasteiger charge is 2.08. The Labute approximate surface area is 154 Å². The fourth-order valence-corrected chi connectivity index (χ4v) is 2.60. The van der Waals surface area contributed by atoms with E-state index in [-0.39, 0.29) is 5.91 Å². The van der Waals surface area contributed by atoms with Gasteiger partial charge in [0, 0.05) is 17.1 Å². The van der Waals surface area contributed by atoms with Gasteiger partial charge in [-0.2, -0.15) is 0 Å². The molecular weight excluding hydrogens is 345 g/mol. The standard InChI is InChI=1S/C20H14FN5O/c21-15-8-6-14(7-9-15)20(27)24-18-11-10-17(25-26-18)23-16-5-1-3-13-4-2-12-22-19(13)16/h1-12H,(H,23,25)(H,24,26,27). The van der Waals surface area contributed by atoms with E-state index in [1.807, 2.05) is 30.3 Å². The van der Waals surface area contributed by atoms with Crippen molar-refractivity contribution in [2.75, 3.05) is 10.6 Å². The van der Waals surface area contributed by atoms with Gasteiger partial charge in [-0.1, -0.05) is 18.2 Å². The van der Waals surface area contributed by atoms with Gasteiger partial charge in [0.05, 0.1) is 11.2 Å². The fraction of sp³-hybridized carbons (Fsp3) is 0. The summed E-state index contributed by atoms with van der Waals surface area (Å²) in [5.41, 5.74) is 1.98. The molecule has 0 saturated heterocycles. The van der Waals surface area contributed by atoms with Crippen LogP contribution in [0, 0.1) is 5.82 Å². The largest absolute Gasteiger partial charge is 0.337 e. The van der Waals surface area contributed by atoms with Crippen molar-refractivity contribution in [3.05, 3.63) is 84.3 Å². The van der Waals surface area contributed by atoms with Gasteiger partial charge in [-0.3, -0.25) is 9.78 Å². The summed E-state index contributed by atoms with van der Waals surface area (Å²) in [5.74, 6) is 0.0341. The minimum absolute atomic E-state index is 0.297. The molecule has 0 aliphatic rings. The number of nitrogens with one attached hydrogen (secondary N) is 2. The van der Waals surface area contributed by atoms with Gasteiger partial charge in [-0.15, -0.1) is 10.2 Å². The van der Waals surface area contributed by atoms with E-state index in [1.165, 1.54) is 24.3 Å². The molecule has 6 nitrogen and oxygen atoms in total. The number of hydrogen-bond acceptors (Lipinski definition) is 5. The average molecular weight is 359 g/mol. The Hall–Kier alpha value is -3.87. The van der Waals surface area contributed by atoms with Gasteiger partial charge in [0.2, 0.25) is 0 Å². The zero-order valence-electron chi connectivity index (χ0n) is 14.1. The highest BCUT2D eigenvalue weighted by atomic mass is 19.1. The Kier molecular flexibility index (Phi) is 4.40. The SMILES string of the molecule is O=C(Nc1ccc(Nc2cccc3cccnc23)nn1)c1ccc(F)cc1. The van der Waals surface area contributed by atoms with Crippen molar-refractivity contribution in [2.24, 2.45) is 0 Å². The van der Waals surface area contributed by atoms with Crippen LogP contribution in [0.4, 0.5) is 21.7 Å². The van der Waals surface area contributed by atoms with E-state index in [9.17, 15) is 9.18 Å². The smallest absolute Gasteiger partial charge is 0.256 e. The molecule has 132 valence electrons. The number of halogens is 1. The molecule has 2 aromatic heterocycles. The van der Waals surface area contributed by atoms with Crippen LogP contribution in [-0.4, -0.2) is 21.1 Å². The van der Waals surface area contributed by atoms with E-state index in [2.05, 4.69) is 25.8 Å². The zero-order chi connectivity index (χ0) is 18.6. The third-order valence-electron chi connectivity index (χ3n) is 3.91. The molecule has 0 aliphatic carbocycles. The monoisotopic (exact) mass is 359 g/mol. The lowest BCUT2D eigenvalue weighted by atomic mass is 10.2. The van der Waals surface area contributed by atoms with E-state index < -0.39 is 5.82 Å². The van der Waals surface area contributed by atoms with Crippen LogP contribution in [0.15, 0.2) is 72.9 Å². The fourth-order valence-electron chi connectivity index (χ4n) is 2.60. The number of aromatic nitrogens is 3. The van der Waals surface area contributed by atoms with Gasteiger partial charge < -0.3 is 10.6 Å². The minimum Gasteiger partial charge on any atom is -0.337 e. The quantitative estimate of drug-likeness (QED) is 0.572.